The molecule has 0 bridgehead atoms. The summed E-state index contributed by atoms with van der Waals surface area (Å²) in [5, 5.41) is 6.09. The van der Waals surface area contributed by atoms with Crippen LogP contribution in [0.15, 0.2) is 36.4 Å². The van der Waals surface area contributed by atoms with E-state index in [0.29, 0.717) is 6.42 Å². The zero-order valence-corrected chi connectivity index (χ0v) is 20.4. The summed E-state index contributed by atoms with van der Waals surface area (Å²) < 4.78 is 16.8. The lowest BCUT2D eigenvalue weighted by Gasteiger charge is -2.32. The van der Waals surface area contributed by atoms with Crippen molar-refractivity contribution < 1.29 is 9.18 Å². The van der Waals surface area contributed by atoms with Gasteiger partial charge in [0.2, 0.25) is 11.9 Å². The van der Waals surface area contributed by atoms with E-state index in [1.54, 1.807) is 12.1 Å². The van der Waals surface area contributed by atoms with Crippen LogP contribution in [0.3, 0.4) is 0 Å². The van der Waals surface area contributed by atoms with Gasteiger partial charge in [0.15, 0.2) is 0 Å². The fourth-order valence-corrected chi connectivity index (χ4v) is 4.75. The van der Waals surface area contributed by atoms with E-state index in [1.165, 1.54) is 6.07 Å². The van der Waals surface area contributed by atoms with Crippen molar-refractivity contribution >= 4 is 17.5 Å². The number of pyridine rings is 1. The average molecular weight is 478 g/mol. The smallest absolute Gasteiger partial charge is 0.224 e. The number of hydrogen-bond acceptors (Lipinski definition) is 6. The molecule has 2 aromatic heterocycles. The number of rotatable bonds is 7. The Labute approximate surface area is 205 Å². The fourth-order valence-electron chi connectivity index (χ4n) is 4.75. The number of nitrogens with one attached hydrogen (secondary N) is 2. The van der Waals surface area contributed by atoms with Gasteiger partial charge in [0.25, 0.3) is 0 Å². The Bertz CT molecular complexity index is 1220. The average Bonchev–Trinajstić information content (AvgIpc) is 3.43. The molecular formula is C26H32FN7O. The quantitative estimate of drug-likeness (QED) is 0.543. The lowest BCUT2D eigenvalue weighted by Crippen LogP contribution is -2.44. The summed E-state index contributed by atoms with van der Waals surface area (Å²) in [5.41, 5.74) is 4.26. The molecule has 1 saturated heterocycles. The highest BCUT2D eigenvalue weighted by molar-refractivity contribution is 5.92. The number of carbonyl (C=O) groups excluding carboxylic acids is 1. The first-order valence-electron chi connectivity index (χ1n) is 12.3. The van der Waals surface area contributed by atoms with E-state index in [4.69, 9.17) is 4.98 Å². The fraction of sp³-hybridized carbons (Fsp3) is 0.423. The SMILES string of the molecule is Cc1cccc(-c2nc3n(c2-c2ccc(F)c(NC(=O)CCCN4CCN(C)CC4)c2)CCN3)n1. The van der Waals surface area contributed by atoms with Crippen molar-refractivity contribution in [2.75, 3.05) is 56.9 Å². The molecule has 3 aromatic rings. The van der Waals surface area contributed by atoms with Crippen LogP contribution in [-0.2, 0) is 11.3 Å². The predicted molar refractivity (Wildman–Crippen MR) is 136 cm³/mol. The Balaban J connectivity index is 1.33. The Morgan fingerprint density at radius 1 is 1.11 bits per heavy atom. The normalized spacial score (nSPS) is 16.2. The van der Waals surface area contributed by atoms with Gasteiger partial charge in [0, 0.05) is 56.9 Å². The van der Waals surface area contributed by atoms with Crippen LogP contribution in [0.2, 0.25) is 0 Å². The van der Waals surface area contributed by atoms with Gasteiger partial charge in [-0.2, -0.15) is 0 Å². The highest BCUT2D eigenvalue weighted by Crippen LogP contribution is 2.37. The van der Waals surface area contributed by atoms with E-state index in [2.05, 4.69) is 37.0 Å². The van der Waals surface area contributed by atoms with Gasteiger partial charge in [-0.05, 0) is 57.3 Å². The summed E-state index contributed by atoms with van der Waals surface area (Å²) in [5.74, 6) is 0.156. The van der Waals surface area contributed by atoms with Gasteiger partial charge < -0.3 is 25.0 Å². The number of anilines is 2. The number of nitrogens with zero attached hydrogens (tertiary/aromatic N) is 5. The Kier molecular flexibility index (Phi) is 6.79. The van der Waals surface area contributed by atoms with Crippen LogP contribution in [0.25, 0.3) is 22.6 Å². The van der Waals surface area contributed by atoms with E-state index in [0.717, 1.165) is 86.5 Å². The van der Waals surface area contributed by atoms with Gasteiger partial charge in [-0.15, -0.1) is 0 Å². The number of aromatic nitrogens is 3. The standard InChI is InChI=1S/C26H32FN7O/c1-18-5-3-6-21(29-18)24-25(34-12-10-28-26(34)31-24)19-8-9-20(27)22(17-19)30-23(35)7-4-11-33-15-13-32(2)14-16-33/h3,5-6,8-9,17H,4,7,10-16H2,1-2H3,(H,28,31)(H,30,35). The number of imidazole rings is 1. The number of amides is 1. The number of fused-ring (bicyclic) bond motifs is 1. The second kappa shape index (κ2) is 10.1. The molecule has 2 aliphatic rings. The summed E-state index contributed by atoms with van der Waals surface area (Å²) in [6.45, 7) is 8.53. The second-order valence-electron chi connectivity index (χ2n) is 9.37. The number of hydrogen-bond donors (Lipinski definition) is 2. The van der Waals surface area contributed by atoms with Crippen molar-refractivity contribution in [2.24, 2.45) is 0 Å². The largest absolute Gasteiger partial charge is 0.354 e. The zero-order chi connectivity index (χ0) is 24.4. The van der Waals surface area contributed by atoms with Crippen molar-refractivity contribution in [3.63, 3.8) is 0 Å². The molecule has 0 spiro atoms. The maximum Gasteiger partial charge on any atom is 0.224 e. The summed E-state index contributed by atoms with van der Waals surface area (Å²) in [7, 11) is 2.13. The third-order valence-corrected chi connectivity index (χ3v) is 6.71. The molecule has 35 heavy (non-hydrogen) atoms. The minimum absolute atomic E-state index is 0.170. The Morgan fingerprint density at radius 2 is 1.94 bits per heavy atom. The number of piperazine rings is 1. The first kappa shape index (κ1) is 23.4. The summed E-state index contributed by atoms with van der Waals surface area (Å²) in [4.78, 5) is 26.8. The van der Waals surface area contributed by atoms with Crippen LogP contribution in [0, 0.1) is 12.7 Å². The Morgan fingerprint density at radius 3 is 2.74 bits per heavy atom. The second-order valence-corrected chi connectivity index (χ2v) is 9.37. The molecular weight excluding hydrogens is 445 g/mol. The van der Waals surface area contributed by atoms with Crippen molar-refractivity contribution in [3.8, 4) is 22.6 Å². The zero-order valence-electron chi connectivity index (χ0n) is 20.4. The molecule has 1 amide bonds. The molecule has 4 heterocycles. The van der Waals surface area contributed by atoms with Gasteiger partial charge in [0.05, 0.1) is 17.1 Å². The molecule has 9 heteroatoms. The van der Waals surface area contributed by atoms with Gasteiger partial charge in [-0.1, -0.05) is 6.07 Å². The number of carbonyl (C=O) groups is 1. The van der Waals surface area contributed by atoms with Gasteiger partial charge >= 0.3 is 0 Å². The molecule has 0 atom stereocenters. The van der Waals surface area contributed by atoms with E-state index in [9.17, 15) is 9.18 Å². The van der Waals surface area contributed by atoms with Crippen molar-refractivity contribution in [3.05, 3.63) is 47.9 Å². The number of halogens is 1. The third kappa shape index (κ3) is 5.21. The van der Waals surface area contributed by atoms with Crippen LogP contribution in [0.4, 0.5) is 16.0 Å². The highest BCUT2D eigenvalue weighted by Gasteiger charge is 2.24. The molecule has 5 rings (SSSR count). The predicted octanol–water partition coefficient (Wildman–Crippen LogP) is 3.45. The van der Waals surface area contributed by atoms with E-state index < -0.39 is 5.82 Å². The maximum absolute atomic E-state index is 14.7. The lowest BCUT2D eigenvalue weighted by molar-refractivity contribution is -0.116. The summed E-state index contributed by atoms with van der Waals surface area (Å²) in [6.07, 6.45) is 1.11. The molecule has 8 nitrogen and oxygen atoms in total. The minimum Gasteiger partial charge on any atom is -0.354 e. The summed E-state index contributed by atoms with van der Waals surface area (Å²) >= 11 is 0. The van der Waals surface area contributed by atoms with E-state index in [1.807, 2.05) is 25.1 Å². The van der Waals surface area contributed by atoms with Crippen LogP contribution in [0.5, 0.6) is 0 Å². The first-order chi connectivity index (χ1) is 17.0. The van der Waals surface area contributed by atoms with Gasteiger partial charge in [-0.25, -0.2) is 9.37 Å². The summed E-state index contributed by atoms with van der Waals surface area (Å²) in [6, 6.07) is 10.7. The molecule has 2 aliphatic heterocycles. The molecule has 0 radical (unpaired) electrons. The van der Waals surface area contributed by atoms with Crippen LogP contribution in [-0.4, -0.2) is 76.6 Å². The number of benzene rings is 1. The topological polar surface area (TPSA) is 78.3 Å². The monoisotopic (exact) mass is 477 g/mol. The Hall–Kier alpha value is -3.30. The maximum atomic E-state index is 14.7. The van der Waals surface area contributed by atoms with Gasteiger partial charge in [-0.3, -0.25) is 9.78 Å². The molecule has 2 N–H and O–H groups in total. The van der Waals surface area contributed by atoms with Gasteiger partial charge in [0.1, 0.15) is 11.5 Å². The van der Waals surface area contributed by atoms with Crippen molar-refractivity contribution in [2.45, 2.75) is 26.3 Å². The third-order valence-electron chi connectivity index (χ3n) is 6.71. The van der Waals surface area contributed by atoms with Crippen molar-refractivity contribution in [1.82, 2.24) is 24.3 Å². The molecule has 1 fully saturated rings. The van der Waals surface area contributed by atoms with E-state index >= 15 is 0 Å². The molecule has 1 aromatic carbocycles. The molecule has 0 saturated carbocycles. The molecule has 0 aliphatic carbocycles. The van der Waals surface area contributed by atoms with Crippen LogP contribution < -0.4 is 10.6 Å². The van der Waals surface area contributed by atoms with Crippen molar-refractivity contribution in [1.29, 1.82) is 0 Å². The molecule has 0 unspecified atom stereocenters. The minimum atomic E-state index is -0.448. The highest BCUT2D eigenvalue weighted by atomic mass is 19.1. The number of aryl methyl sites for hydroxylation is 1. The first-order valence-corrected chi connectivity index (χ1v) is 12.3. The number of likely N-dealkylation sites (N-methyl/N-ethyl adjacent to an activating group) is 1. The lowest BCUT2D eigenvalue weighted by atomic mass is 10.1. The van der Waals surface area contributed by atoms with Crippen LogP contribution >= 0.6 is 0 Å². The van der Waals surface area contributed by atoms with Crippen LogP contribution in [0.1, 0.15) is 18.5 Å². The molecule has 184 valence electrons. The van der Waals surface area contributed by atoms with E-state index in [-0.39, 0.29) is 11.6 Å².